The van der Waals surface area contributed by atoms with Crippen LogP contribution >= 0.6 is 11.3 Å². The number of hydrogen-bond donors (Lipinski definition) is 1. The molecule has 0 aliphatic carbocycles. The lowest BCUT2D eigenvalue weighted by molar-refractivity contribution is 0.0741. The Morgan fingerprint density at radius 3 is 2.77 bits per heavy atom. The van der Waals surface area contributed by atoms with Gasteiger partial charge in [0.1, 0.15) is 11.5 Å². The highest BCUT2D eigenvalue weighted by Gasteiger charge is 2.24. The van der Waals surface area contributed by atoms with Crippen LogP contribution in [-0.2, 0) is 6.42 Å². The van der Waals surface area contributed by atoms with Crippen LogP contribution in [0.4, 0.5) is 5.82 Å². The molecule has 22 heavy (non-hydrogen) atoms. The van der Waals surface area contributed by atoms with Gasteiger partial charge in [0.2, 0.25) is 0 Å². The van der Waals surface area contributed by atoms with Crippen molar-refractivity contribution in [1.29, 1.82) is 0 Å². The van der Waals surface area contributed by atoms with E-state index in [4.69, 9.17) is 5.73 Å². The fourth-order valence-electron chi connectivity index (χ4n) is 2.49. The highest BCUT2D eigenvalue weighted by molar-refractivity contribution is 7.09. The fraction of sp³-hybridized carbons (Fsp3) is 0.400. The van der Waals surface area contributed by atoms with Gasteiger partial charge in [-0.25, -0.2) is 9.97 Å². The number of rotatable bonds is 4. The van der Waals surface area contributed by atoms with Crippen LogP contribution in [0, 0.1) is 0 Å². The van der Waals surface area contributed by atoms with Crippen LogP contribution in [0.2, 0.25) is 0 Å². The van der Waals surface area contributed by atoms with E-state index in [1.807, 2.05) is 28.5 Å². The van der Waals surface area contributed by atoms with Gasteiger partial charge in [-0.1, -0.05) is 6.07 Å². The quantitative estimate of drug-likeness (QED) is 0.910. The van der Waals surface area contributed by atoms with Gasteiger partial charge in [-0.05, 0) is 18.7 Å². The Morgan fingerprint density at radius 1 is 1.27 bits per heavy atom. The molecule has 3 rings (SSSR count). The van der Waals surface area contributed by atoms with Gasteiger partial charge in [0, 0.05) is 44.2 Å². The second-order valence-electron chi connectivity index (χ2n) is 5.13. The third kappa shape index (κ3) is 3.26. The topological polar surface area (TPSA) is 75.3 Å². The first-order valence-electron chi connectivity index (χ1n) is 7.37. The van der Waals surface area contributed by atoms with Gasteiger partial charge in [-0.3, -0.25) is 4.79 Å². The first-order valence-corrected chi connectivity index (χ1v) is 8.25. The molecule has 0 saturated carbocycles. The Bertz CT molecular complexity index is 622. The van der Waals surface area contributed by atoms with Crippen molar-refractivity contribution in [3.05, 3.63) is 40.5 Å². The maximum atomic E-state index is 12.5. The van der Waals surface area contributed by atoms with Gasteiger partial charge in [-0.2, -0.15) is 0 Å². The molecule has 1 amide bonds. The van der Waals surface area contributed by atoms with Crippen molar-refractivity contribution in [1.82, 2.24) is 14.9 Å². The van der Waals surface area contributed by atoms with Crippen molar-refractivity contribution >= 4 is 23.1 Å². The smallest absolute Gasteiger partial charge is 0.273 e. The van der Waals surface area contributed by atoms with Gasteiger partial charge in [0.25, 0.3) is 5.91 Å². The Labute approximate surface area is 133 Å². The molecule has 1 aliphatic rings. The normalized spacial score (nSPS) is 15.1. The molecule has 0 aromatic carbocycles. The van der Waals surface area contributed by atoms with E-state index < -0.39 is 0 Å². The van der Waals surface area contributed by atoms with Crippen LogP contribution < -0.4 is 10.6 Å². The van der Waals surface area contributed by atoms with Crippen molar-refractivity contribution in [3.63, 3.8) is 0 Å². The first kappa shape index (κ1) is 14.9. The van der Waals surface area contributed by atoms with E-state index in [9.17, 15) is 4.79 Å². The molecule has 0 radical (unpaired) electrons. The first-order chi connectivity index (χ1) is 10.8. The highest BCUT2D eigenvalue weighted by Crippen LogP contribution is 2.16. The van der Waals surface area contributed by atoms with E-state index in [1.165, 1.54) is 11.3 Å². The minimum absolute atomic E-state index is 0.0141. The molecule has 0 bridgehead atoms. The highest BCUT2D eigenvalue weighted by atomic mass is 32.1. The Morgan fingerprint density at radius 2 is 2.09 bits per heavy atom. The minimum atomic E-state index is 0.0141. The largest absolute Gasteiger partial charge is 0.353 e. The monoisotopic (exact) mass is 317 g/mol. The van der Waals surface area contributed by atoms with Crippen LogP contribution in [0.5, 0.6) is 0 Å². The lowest BCUT2D eigenvalue weighted by Gasteiger charge is -2.35. The summed E-state index contributed by atoms with van der Waals surface area (Å²) < 4.78 is 0. The zero-order valence-corrected chi connectivity index (χ0v) is 13.1. The van der Waals surface area contributed by atoms with Crippen LogP contribution in [0.15, 0.2) is 29.8 Å². The van der Waals surface area contributed by atoms with Crippen molar-refractivity contribution in [3.8, 4) is 0 Å². The van der Waals surface area contributed by atoms with Crippen molar-refractivity contribution in [2.45, 2.75) is 6.42 Å². The predicted octanol–water partition coefficient (Wildman–Crippen LogP) is 1.00. The van der Waals surface area contributed by atoms with E-state index >= 15 is 0 Å². The number of hydrogen-bond acceptors (Lipinski definition) is 6. The molecule has 116 valence electrons. The molecular weight excluding hydrogens is 298 g/mol. The second kappa shape index (κ2) is 6.85. The summed E-state index contributed by atoms with van der Waals surface area (Å²) in [5.41, 5.74) is 6.06. The van der Waals surface area contributed by atoms with Crippen LogP contribution in [0.3, 0.4) is 0 Å². The Hall–Kier alpha value is -1.99. The molecule has 2 N–H and O–H groups in total. The average Bonchev–Trinajstić information content (AvgIpc) is 3.04. The van der Waals surface area contributed by atoms with Crippen LogP contribution in [-0.4, -0.2) is 53.5 Å². The number of aromatic nitrogens is 2. The minimum Gasteiger partial charge on any atom is -0.353 e. The molecule has 2 aromatic heterocycles. The van der Waals surface area contributed by atoms with E-state index in [0.717, 1.165) is 30.3 Å². The maximum Gasteiger partial charge on any atom is 0.273 e. The summed E-state index contributed by atoms with van der Waals surface area (Å²) >= 11 is 1.50. The molecular formula is C15H19N5OS. The number of carbonyl (C=O) groups is 1. The zero-order valence-electron chi connectivity index (χ0n) is 12.3. The van der Waals surface area contributed by atoms with E-state index in [1.54, 1.807) is 6.20 Å². The van der Waals surface area contributed by atoms with E-state index in [-0.39, 0.29) is 5.91 Å². The summed E-state index contributed by atoms with van der Waals surface area (Å²) in [7, 11) is 0. The number of nitrogens with zero attached hydrogens (tertiary/aromatic N) is 4. The lowest BCUT2D eigenvalue weighted by Crippen LogP contribution is -2.49. The molecule has 1 aliphatic heterocycles. The third-order valence-corrected chi connectivity index (χ3v) is 4.58. The van der Waals surface area contributed by atoms with Gasteiger partial charge in [0.15, 0.2) is 0 Å². The van der Waals surface area contributed by atoms with Gasteiger partial charge in [-0.15, -0.1) is 11.3 Å². The number of nitrogens with two attached hydrogens (primary N) is 1. The van der Waals surface area contributed by atoms with Gasteiger partial charge >= 0.3 is 0 Å². The van der Waals surface area contributed by atoms with E-state index in [2.05, 4.69) is 14.9 Å². The summed E-state index contributed by atoms with van der Waals surface area (Å²) in [6.45, 7) is 3.54. The number of anilines is 1. The zero-order chi connectivity index (χ0) is 15.4. The maximum absolute atomic E-state index is 12.5. The van der Waals surface area contributed by atoms with Gasteiger partial charge < -0.3 is 15.5 Å². The van der Waals surface area contributed by atoms with Crippen molar-refractivity contribution < 1.29 is 4.79 Å². The number of piperazine rings is 1. The summed E-state index contributed by atoms with van der Waals surface area (Å²) in [6, 6.07) is 5.88. The second-order valence-corrected chi connectivity index (χ2v) is 6.07. The number of pyridine rings is 1. The average molecular weight is 317 g/mol. The fourth-order valence-corrected chi connectivity index (χ4v) is 3.28. The molecule has 0 unspecified atom stereocenters. The van der Waals surface area contributed by atoms with Crippen molar-refractivity contribution in [2.75, 3.05) is 37.6 Å². The van der Waals surface area contributed by atoms with Crippen LogP contribution in [0.25, 0.3) is 0 Å². The molecule has 6 nitrogen and oxygen atoms in total. The SMILES string of the molecule is NCCc1nc(C(=O)N2CCN(c3ccccn3)CC2)cs1. The third-order valence-electron chi connectivity index (χ3n) is 3.67. The van der Waals surface area contributed by atoms with Crippen molar-refractivity contribution in [2.24, 2.45) is 5.73 Å². The Balaban J connectivity index is 1.59. The van der Waals surface area contributed by atoms with Gasteiger partial charge in [0.05, 0.1) is 5.01 Å². The molecule has 1 fully saturated rings. The molecule has 2 aromatic rings. The predicted molar refractivity (Wildman–Crippen MR) is 87.2 cm³/mol. The lowest BCUT2D eigenvalue weighted by atomic mass is 10.2. The summed E-state index contributed by atoms with van der Waals surface area (Å²) in [5, 5.41) is 2.76. The summed E-state index contributed by atoms with van der Waals surface area (Å²) in [6.07, 6.45) is 2.52. The molecule has 0 atom stereocenters. The number of thiazole rings is 1. The Kier molecular flexibility index (Phi) is 4.65. The number of amides is 1. The molecule has 3 heterocycles. The summed E-state index contributed by atoms with van der Waals surface area (Å²) in [5.74, 6) is 0.980. The molecule has 7 heteroatoms. The van der Waals surface area contributed by atoms with Crippen LogP contribution in [0.1, 0.15) is 15.5 Å². The van der Waals surface area contributed by atoms with E-state index in [0.29, 0.717) is 25.3 Å². The standard InChI is InChI=1S/C15H19N5OS/c16-5-4-14-18-12(11-22-14)15(21)20-9-7-19(8-10-20)13-3-1-2-6-17-13/h1-3,6,11H,4-5,7-10,16H2. The number of carbonyl (C=O) groups excluding carboxylic acids is 1. The molecule has 0 spiro atoms. The molecule has 1 saturated heterocycles. The summed E-state index contributed by atoms with van der Waals surface area (Å²) in [4.78, 5) is 25.3.